The van der Waals surface area contributed by atoms with E-state index in [1.165, 1.54) is 23.3 Å². The van der Waals surface area contributed by atoms with Crippen molar-refractivity contribution >= 4 is 0 Å². The molecule has 102 valence electrons. The molecular formula is C11H11F3N4O. The van der Waals surface area contributed by atoms with E-state index in [1.54, 1.807) is 12.1 Å². The first-order chi connectivity index (χ1) is 8.94. The maximum absolute atomic E-state index is 12.0. The first-order valence-corrected chi connectivity index (χ1v) is 5.51. The number of alkyl halides is 3. The summed E-state index contributed by atoms with van der Waals surface area (Å²) < 4.78 is 39.8. The van der Waals surface area contributed by atoms with Crippen molar-refractivity contribution in [1.29, 1.82) is 0 Å². The standard InChI is InChI=1S/C11H11F3N4O/c1-8(18-16-7-15-17-18)6-9-2-4-10(5-3-9)19-11(12,13)14/h2-5,7-8H,6H2,1H3. The summed E-state index contributed by atoms with van der Waals surface area (Å²) in [5.74, 6) is -0.234. The predicted octanol–water partition coefficient (Wildman–Crippen LogP) is 2.38. The SMILES string of the molecule is CC(Cc1ccc(OC(F)(F)F)cc1)n1ncnn1. The van der Waals surface area contributed by atoms with Crippen molar-refractivity contribution in [2.75, 3.05) is 0 Å². The van der Waals surface area contributed by atoms with E-state index in [4.69, 9.17) is 0 Å². The molecule has 1 heterocycles. The van der Waals surface area contributed by atoms with Crippen molar-refractivity contribution in [2.45, 2.75) is 25.7 Å². The van der Waals surface area contributed by atoms with Crippen LogP contribution < -0.4 is 4.74 Å². The van der Waals surface area contributed by atoms with Crippen molar-refractivity contribution in [3.05, 3.63) is 36.2 Å². The summed E-state index contributed by atoms with van der Waals surface area (Å²) in [7, 11) is 0. The molecule has 0 aliphatic rings. The van der Waals surface area contributed by atoms with Gasteiger partial charge in [-0.3, -0.25) is 0 Å². The molecule has 8 heteroatoms. The fourth-order valence-corrected chi connectivity index (χ4v) is 1.63. The lowest BCUT2D eigenvalue weighted by molar-refractivity contribution is -0.274. The second kappa shape index (κ2) is 5.25. The molecule has 0 saturated heterocycles. The minimum absolute atomic E-state index is 0.0307. The van der Waals surface area contributed by atoms with Gasteiger partial charge in [-0.15, -0.1) is 23.4 Å². The van der Waals surface area contributed by atoms with Crippen LogP contribution in [0.1, 0.15) is 18.5 Å². The molecule has 2 rings (SSSR count). The number of rotatable bonds is 4. The number of ether oxygens (including phenoxy) is 1. The van der Waals surface area contributed by atoms with E-state index >= 15 is 0 Å². The zero-order valence-electron chi connectivity index (χ0n) is 10.0. The van der Waals surface area contributed by atoms with Crippen LogP contribution in [0.4, 0.5) is 13.2 Å². The molecular weight excluding hydrogens is 261 g/mol. The van der Waals surface area contributed by atoms with Gasteiger partial charge in [0.15, 0.2) is 6.33 Å². The lowest BCUT2D eigenvalue weighted by Crippen LogP contribution is -2.17. The Balaban J connectivity index is 1.99. The number of hydrogen-bond acceptors (Lipinski definition) is 4. The number of aromatic nitrogens is 4. The van der Waals surface area contributed by atoms with Gasteiger partial charge in [-0.1, -0.05) is 12.1 Å². The maximum atomic E-state index is 12.0. The van der Waals surface area contributed by atoms with Gasteiger partial charge in [-0.25, -0.2) is 0 Å². The van der Waals surface area contributed by atoms with Crippen LogP contribution in [0.15, 0.2) is 30.6 Å². The van der Waals surface area contributed by atoms with E-state index in [0.717, 1.165) is 5.56 Å². The van der Waals surface area contributed by atoms with Crippen LogP contribution in [0, 0.1) is 0 Å². The maximum Gasteiger partial charge on any atom is 0.573 e. The minimum Gasteiger partial charge on any atom is -0.406 e. The Morgan fingerprint density at radius 3 is 2.47 bits per heavy atom. The van der Waals surface area contributed by atoms with Gasteiger partial charge < -0.3 is 4.74 Å². The monoisotopic (exact) mass is 272 g/mol. The van der Waals surface area contributed by atoms with Gasteiger partial charge in [0, 0.05) is 0 Å². The smallest absolute Gasteiger partial charge is 0.406 e. The molecule has 0 fully saturated rings. The molecule has 5 nitrogen and oxygen atoms in total. The molecule has 0 radical (unpaired) electrons. The van der Waals surface area contributed by atoms with E-state index in [1.807, 2.05) is 6.92 Å². The molecule has 0 amide bonds. The molecule has 0 spiro atoms. The topological polar surface area (TPSA) is 52.8 Å². The fourth-order valence-electron chi connectivity index (χ4n) is 1.63. The first-order valence-electron chi connectivity index (χ1n) is 5.51. The number of tetrazole rings is 1. The largest absolute Gasteiger partial charge is 0.573 e. The zero-order valence-corrected chi connectivity index (χ0v) is 10.0. The van der Waals surface area contributed by atoms with Gasteiger partial charge in [-0.05, 0) is 36.3 Å². The van der Waals surface area contributed by atoms with E-state index in [0.29, 0.717) is 6.42 Å². The number of hydrogen-bond donors (Lipinski definition) is 0. The van der Waals surface area contributed by atoms with Crippen molar-refractivity contribution in [2.24, 2.45) is 0 Å². The van der Waals surface area contributed by atoms with Gasteiger partial charge in [0.25, 0.3) is 0 Å². The molecule has 1 aromatic heterocycles. The average molecular weight is 272 g/mol. The van der Waals surface area contributed by atoms with Crippen LogP contribution in [-0.2, 0) is 6.42 Å². The summed E-state index contributed by atoms with van der Waals surface area (Å²) in [4.78, 5) is 1.44. The van der Waals surface area contributed by atoms with Crippen molar-refractivity contribution in [3.63, 3.8) is 0 Å². The van der Waals surface area contributed by atoms with E-state index in [-0.39, 0.29) is 11.8 Å². The Labute approximate surface area is 107 Å². The molecule has 2 aromatic rings. The van der Waals surface area contributed by atoms with Crippen LogP contribution in [0.3, 0.4) is 0 Å². The van der Waals surface area contributed by atoms with Crippen LogP contribution in [0.2, 0.25) is 0 Å². The average Bonchev–Trinajstić information content (AvgIpc) is 2.83. The highest BCUT2D eigenvalue weighted by molar-refractivity contribution is 5.27. The number of nitrogens with zero attached hydrogens (tertiary/aromatic N) is 4. The Morgan fingerprint density at radius 2 is 1.95 bits per heavy atom. The van der Waals surface area contributed by atoms with Gasteiger partial charge in [0.05, 0.1) is 6.04 Å². The summed E-state index contributed by atoms with van der Waals surface area (Å²) >= 11 is 0. The van der Waals surface area contributed by atoms with E-state index < -0.39 is 6.36 Å². The Bertz CT molecular complexity index is 510. The van der Waals surface area contributed by atoms with Gasteiger partial charge >= 0.3 is 6.36 Å². The van der Waals surface area contributed by atoms with Gasteiger partial charge in [0.2, 0.25) is 0 Å². The van der Waals surface area contributed by atoms with E-state index in [9.17, 15) is 13.2 Å². The number of benzene rings is 1. The normalized spacial score (nSPS) is 13.3. The van der Waals surface area contributed by atoms with Gasteiger partial charge in [-0.2, -0.15) is 4.80 Å². The first kappa shape index (κ1) is 13.3. The molecule has 1 unspecified atom stereocenters. The highest BCUT2D eigenvalue weighted by Crippen LogP contribution is 2.23. The summed E-state index contributed by atoms with van der Waals surface area (Å²) in [6.07, 6.45) is -2.75. The molecule has 1 aromatic carbocycles. The van der Waals surface area contributed by atoms with Crippen LogP contribution in [0.5, 0.6) is 5.75 Å². The van der Waals surface area contributed by atoms with Crippen LogP contribution in [-0.4, -0.2) is 26.6 Å². The molecule has 0 saturated carbocycles. The second-order valence-electron chi connectivity index (χ2n) is 4.00. The minimum atomic E-state index is -4.67. The quantitative estimate of drug-likeness (QED) is 0.857. The van der Waals surface area contributed by atoms with Crippen molar-refractivity contribution in [3.8, 4) is 5.75 Å². The summed E-state index contributed by atoms with van der Waals surface area (Å²) in [6.45, 7) is 1.89. The Morgan fingerprint density at radius 1 is 1.26 bits per heavy atom. The van der Waals surface area contributed by atoms with Crippen molar-refractivity contribution in [1.82, 2.24) is 20.2 Å². The summed E-state index contributed by atoms with van der Waals surface area (Å²) in [5.41, 5.74) is 0.860. The third-order valence-corrected chi connectivity index (χ3v) is 2.45. The Hall–Kier alpha value is -2.12. The highest BCUT2D eigenvalue weighted by Gasteiger charge is 2.30. The van der Waals surface area contributed by atoms with Crippen LogP contribution in [0.25, 0.3) is 0 Å². The summed E-state index contributed by atoms with van der Waals surface area (Å²) in [5, 5.41) is 11.3. The van der Waals surface area contributed by atoms with E-state index in [2.05, 4.69) is 20.1 Å². The Kier molecular flexibility index (Phi) is 3.68. The lowest BCUT2D eigenvalue weighted by atomic mass is 10.1. The lowest BCUT2D eigenvalue weighted by Gasteiger charge is -2.11. The molecule has 1 atom stereocenters. The third-order valence-electron chi connectivity index (χ3n) is 2.45. The van der Waals surface area contributed by atoms with Crippen molar-refractivity contribution < 1.29 is 17.9 Å². The molecule has 0 aliphatic heterocycles. The molecule has 19 heavy (non-hydrogen) atoms. The predicted molar refractivity (Wildman–Crippen MR) is 59.4 cm³/mol. The molecule has 0 N–H and O–H groups in total. The zero-order chi connectivity index (χ0) is 13.9. The number of halogens is 3. The van der Waals surface area contributed by atoms with Crippen LogP contribution >= 0.6 is 0 Å². The highest BCUT2D eigenvalue weighted by atomic mass is 19.4. The second-order valence-corrected chi connectivity index (χ2v) is 4.00. The molecule has 0 aliphatic carbocycles. The van der Waals surface area contributed by atoms with Gasteiger partial charge in [0.1, 0.15) is 5.75 Å². The summed E-state index contributed by atoms with van der Waals surface area (Å²) in [6, 6.07) is 5.69. The third kappa shape index (κ3) is 3.94. The fraction of sp³-hybridized carbons (Fsp3) is 0.364. The molecule has 0 bridgehead atoms.